The number of rotatable bonds is 8. The Morgan fingerprint density at radius 2 is 1.87 bits per heavy atom. The maximum absolute atomic E-state index is 13.1. The fourth-order valence-electron chi connectivity index (χ4n) is 6.61. The Balaban J connectivity index is 1.25. The first-order chi connectivity index (χ1) is 18.2. The highest BCUT2D eigenvalue weighted by atomic mass is 28.4. The number of carbonyl (C=O) groups excluding carboxylic acids is 1. The number of carbonyl (C=O) groups is 1. The largest absolute Gasteiger partial charge is 0.432 e. The molecule has 9 heteroatoms. The number of nitrogens with zero attached hydrogens (tertiary/aromatic N) is 2. The number of fused-ring (bicyclic) bond motifs is 1. The second-order valence-corrected chi connectivity index (χ2v) is 15.5. The van der Waals surface area contributed by atoms with Gasteiger partial charge < -0.3 is 19.5 Å². The Labute approximate surface area is 224 Å². The molecular weight excluding hydrogens is 498 g/mol. The molecular formula is C29H39N3O5Si. The number of hydrogen-bond acceptors (Lipinski definition) is 5. The Morgan fingerprint density at radius 3 is 2.55 bits per heavy atom. The van der Waals surface area contributed by atoms with Crippen LogP contribution in [0.25, 0.3) is 16.6 Å². The van der Waals surface area contributed by atoms with E-state index in [-0.39, 0.29) is 54.2 Å². The molecule has 5 atom stereocenters. The number of amides is 1. The van der Waals surface area contributed by atoms with Crippen molar-refractivity contribution >= 4 is 25.1 Å². The van der Waals surface area contributed by atoms with Crippen LogP contribution in [0.2, 0.25) is 18.6 Å². The summed E-state index contributed by atoms with van der Waals surface area (Å²) in [5, 5.41) is 13.5. The lowest BCUT2D eigenvalue weighted by molar-refractivity contribution is -0.135. The van der Waals surface area contributed by atoms with Crippen LogP contribution < -0.4 is 5.56 Å². The fourth-order valence-corrected chi connectivity index (χ4v) is 9.22. The minimum absolute atomic E-state index is 0.00628. The predicted octanol–water partition coefficient (Wildman–Crippen LogP) is 3.60. The van der Waals surface area contributed by atoms with E-state index in [1.165, 1.54) is 0 Å². The predicted molar refractivity (Wildman–Crippen MR) is 150 cm³/mol. The summed E-state index contributed by atoms with van der Waals surface area (Å²) in [5.74, 6) is 0.168. The molecule has 0 aliphatic carbocycles. The van der Waals surface area contributed by atoms with Gasteiger partial charge in [-0.3, -0.25) is 14.7 Å². The van der Waals surface area contributed by atoms with Crippen LogP contribution in [0, 0.1) is 5.92 Å². The molecule has 0 radical (unpaired) electrons. The quantitative estimate of drug-likeness (QED) is 0.381. The standard InChI is InChI=1S/C29H39N3O5Si/c1-19-25(37-26(28(19)38(2,3)36)17-27(34)31-16-6-7-22(31)18-33)15-12-20-10-13-21(14-11-20)32-29(35)23-8-4-5-9-24(23)30-32/h4-5,8-11,13-14,19,22,25-26,28,30,33,36H,6-7,12,15-18H2,1-3H3/t19-,22-,25+,26-,28+/m0/s1. The maximum atomic E-state index is 13.1. The molecule has 5 rings (SSSR count). The lowest BCUT2D eigenvalue weighted by Gasteiger charge is -2.31. The van der Waals surface area contributed by atoms with Gasteiger partial charge in [-0.25, -0.2) is 4.68 Å². The van der Waals surface area contributed by atoms with Gasteiger partial charge in [0.1, 0.15) is 0 Å². The van der Waals surface area contributed by atoms with Crippen LogP contribution in [-0.2, 0) is 16.0 Å². The lowest BCUT2D eigenvalue weighted by atomic mass is 9.95. The average Bonchev–Trinajstić information content (AvgIpc) is 3.59. The minimum atomic E-state index is -2.58. The SMILES string of the molecule is C[C@@H]1[C@@H]([Si](C)(C)O)[C@H](CC(=O)N2CCC[C@H]2CO)O[C@@H]1CCc1ccc(-n2[nH]c3ccccc3c2=O)cc1. The number of aliphatic hydroxyl groups is 1. The van der Waals surface area contributed by atoms with Gasteiger partial charge in [-0.1, -0.05) is 31.2 Å². The Hall–Kier alpha value is -2.72. The van der Waals surface area contributed by atoms with Crippen molar-refractivity contribution in [2.75, 3.05) is 13.2 Å². The summed E-state index contributed by atoms with van der Waals surface area (Å²) in [6.07, 6.45) is 3.26. The Bertz CT molecular complexity index is 1330. The van der Waals surface area contributed by atoms with Crippen molar-refractivity contribution < 1.29 is 19.4 Å². The summed E-state index contributed by atoms with van der Waals surface area (Å²) < 4.78 is 8.06. The van der Waals surface area contributed by atoms with Crippen LogP contribution in [0.5, 0.6) is 0 Å². The van der Waals surface area contributed by atoms with Crippen LogP contribution >= 0.6 is 0 Å². The molecule has 2 aliphatic heterocycles. The van der Waals surface area contributed by atoms with E-state index in [1.807, 2.05) is 61.6 Å². The first-order valence-electron chi connectivity index (χ1n) is 13.7. The van der Waals surface area contributed by atoms with Crippen molar-refractivity contribution in [1.29, 1.82) is 0 Å². The number of likely N-dealkylation sites (tertiary alicyclic amines) is 1. The van der Waals surface area contributed by atoms with Crippen LogP contribution in [0.15, 0.2) is 53.3 Å². The number of H-pyrrole nitrogens is 1. The van der Waals surface area contributed by atoms with Gasteiger partial charge in [-0.15, -0.1) is 0 Å². The summed E-state index contributed by atoms with van der Waals surface area (Å²) in [7, 11) is -2.58. The molecule has 2 aromatic carbocycles. The zero-order valence-corrected chi connectivity index (χ0v) is 23.5. The van der Waals surface area contributed by atoms with E-state index < -0.39 is 8.32 Å². The minimum Gasteiger partial charge on any atom is -0.432 e. The van der Waals surface area contributed by atoms with Gasteiger partial charge in [-0.05, 0) is 74.5 Å². The van der Waals surface area contributed by atoms with Gasteiger partial charge >= 0.3 is 0 Å². The summed E-state index contributed by atoms with van der Waals surface area (Å²) >= 11 is 0. The van der Waals surface area contributed by atoms with Crippen molar-refractivity contribution in [3.05, 3.63) is 64.4 Å². The molecule has 2 saturated heterocycles. The van der Waals surface area contributed by atoms with E-state index in [0.29, 0.717) is 11.9 Å². The number of aromatic amines is 1. The van der Waals surface area contributed by atoms with Crippen molar-refractivity contribution in [1.82, 2.24) is 14.7 Å². The monoisotopic (exact) mass is 537 g/mol. The highest BCUT2D eigenvalue weighted by molar-refractivity contribution is 6.71. The molecule has 0 unspecified atom stereocenters. The summed E-state index contributed by atoms with van der Waals surface area (Å²) in [5.41, 5.74) is 2.65. The maximum Gasteiger partial charge on any atom is 0.279 e. The topological polar surface area (TPSA) is 108 Å². The molecule has 3 N–H and O–H groups in total. The van der Waals surface area contributed by atoms with Gasteiger partial charge in [0.05, 0.1) is 47.9 Å². The Morgan fingerprint density at radius 1 is 1.13 bits per heavy atom. The number of aliphatic hydroxyl groups excluding tert-OH is 1. The molecule has 2 aliphatic rings. The average molecular weight is 538 g/mol. The zero-order valence-electron chi connectivity index (χ0n) is 22.5. The van der Waals surface area contributed by atoms with E-state index in [2.05, 4.69) is 12.0 Å². The number of para-hydroxylation sites is 1. The van der Waals surface area contributed by atoms with E-state index in [1.54, 1.807) is 9.58 Å². The first kappa shape index (κ1) is 26.9. The molecule has 1 aromatic heterocycles. The van der Waals surface area contributed by atoms with Gasteiger partial charge in [0.2, 0.25) is 5.91 Å². The molecule has 0 saturated carbocycles. The lowest BCUT2D eigenvalue weighted by Crippen LogP contribution is -2.43. The fraction of sp³-hybridized carbons (Fsp3) is 0.517. The van der Waals surface area contributed by atoms with E-state index in [4.69, 9.17) is 4.74 Å². The molecule has 3 heterocycles. The second-order valence-electron chi connectivity index (χ2n) is 11.5. The van der Waals surface area contributed by atoms with E-state index in [0.717, 1.165) is 42.5 Å². The highest BCUT2D eigenvalue weighted by Gasteiger charge is 2.50. The van der Waals surface area contributed by atoms with Gasteiger partial charge in [0.25, 0.3) is 5.56 Å². The van der Waals surface area contributed by atoms with Crippen molar-refractivity contribution in [3.8, 4) is 5.69 Å². The Kier molecular flexibility index (Phi) is 7.64. The van der Waals surface area contributed by atoms with Crippen LogP contribution in [0.1, 0.15) is 38.2 Å². The molecule has 3 aromatic rings. The second kappa shape index (κ2) is 10.8. The summed E-state index contributed by atoms with van der Waals surface area (Å²) in [6, 6.07) is 15.4. The number of ether oxygens (including phenoxy) is 1. The van der Waals surface area contributed by atoms with Gasteiger partial charge in [0.15, 0.2) is 8.32 Å². The number of aromatic nitrogens is 2. The molecule has 8 nitrogen and oxygen atoms in total. The van der Waals surface area contributed by atoms with Crippen LogP contribution in [0.4, 0.5) is 0 Å². The molecule has 1 amide bonds. The third kappa shape index (κ3) is 5.25. The van der Waals surface area contributed by atoms with Crippen LogP contribution in [-0.4, -0.2) is 70.2 Å². The van der Waals surface area contributed by atoms with Crippen molar-refractivity contribution in [3.63, 3.8) is 0 Å². The third-order valence-corrected chi connectivity index (χ3v) is 11.0. The number of aryl methyl sites for hydroxylation is 1. The first-order valence-corrected chi connectivity index (χ1v) is 16.8. The number of benzene rings is 2. The number of nitrogens with one attached hydrogen (secondary N) is 1. The van der Waals surface area contributed by atoms with Crippen molar-refractivity contribution in [2.24, 2.45) is 5.92 Å². The number of hydrogen-bond donors (Lipinski definition) is 3. The van der Waals surface area contributed by atoms with E-state index in [9.17, 15) is 19.5 Å². The van der Waals surface area contributed by atoms with E-state index >= 15 is 0 Å². The third-order valence-electron chi connectivity index (χ3n) is 8.51. The van der Waals surface area contributed by atoms with Gasteiger partial charge in [-0.2, -0.15) is 0 Å². The molecule has 0 spiro atoms. The normalized spacial score (nSPS) is 25.9. The smallest absolute Gasteiger partial charge is 0.279 e. The summed E-state index contributed by atoms with van der Waals surface area (Å²) in [6.45, 7) is 6.69. The summed E-state index contributed by atoms with van der Waals surface area (Å²) in [4.78, 5) is 38.8. The highest BCUT2D eigenvalue weighted by Crippen LogP contribution is 2.45. The molecule has 38 heavy (non-hydrogen) atoms. The molecule has 204 valence electrons. The zero-order chi connectivity index (χ0) is 27.0. The van der Waals surface area contributed by atoms with Gasteiger partial charge in [0, 0.05) is 12.1 Å². The molecule has 0 bridgehead atoms. The van der Waals surface area contributed by atoms with Crippen LogP contribution in [0.3, 0.4) is 0 Å². The van der Waals surface area contributed by atoms with Crippen molar-refractivity contribution in [2.45, 2.75) is 75.9 Å². The molecule has 2 fully saturated rings.